The average molecular weight is 478 g/mol. The number of hydrogen-bond donors (Lipinski definition) is 0. The number of pyridine rings is 1. The van der Waals surface area contributed by atoms with Crippen LogP contribution in [0, 0.1) is 5.92 Å². The normalized spacial score (nSPS) is 16.9. The van der Waals surface area contributed by atoms with Crippen molar-refractivity contribution < 1.29 is 22.7 Å². The summed E-state index contributed by atoms with van der Waals surface area (Å²) < 4.78 is 34.0. The molecule has 3 rings (SSSR count). The quantitative estimate of drug-likeness (QED) is 0.565. The molecular weight excluding hydrogens is 446 g/mol. The van der Waals surface area contributed by atoms with Crippen LogP contribution < -0.4 is 5.43 Å². The lowest BCUT2D eigenvalue weighted by Crippen LogP contribution is -2.44. The molecule has 1 aromatic heterocycles. The molecule has 2 aromatic rings. The van der Waals surface area contributed by atoms with Crippen LogP contribution in [0.3, 0.4) is 0 Å². The Hall–Kier alpha value is -2.72. The van der Waals surface area contributed by atoms with Crippen molar-refractivity contribution in [2.24, 2.45) is 13.0 Å². The van der Waals surface area contributed by atoms with Crippen LogP contribution in [0.1, 0.15) is 44.0 Å². The zero-order chi connectivity index (χ0) is 24.3. The van der Waals surface area contributed by atoms with Crippen molar-refractivity contribution in [3.63, 3.8) is 0 Å². The van der Waals surface area contributed by atoms with E-state index >= 15 is 0 Å². The Labute approximate surface area is 194 Å². The van der Waals surface area contributed by atoms with Gasteiger partial charge in [0.25, 0.3) is 5.91 Å². The van der Waals surface area contributed by atoms with Crippen LogP contribution in [0.5, 0.6) is 0 Å². The minimum absolute atomic E-state index is 0.0146. The Morgan fingerprint density at radius 2 is 1.88 bits per heavy atom. The molecule has 0 saturated carbocycles. The van der Waals surface area contributed by atoms with Crippen molar-refractivity contribution in [2.45, 2.75) is 38.5 Å². The lowest BCUT2D eigenvalue weighted by atomic mass is 9.97. The topological polar surface area (TPSA) is 106 Å². The summed E-state index contributed by atoms with van der Waals surface area (Å²) in [6.07, 6.45) is 2.74. The van der Waals surface area contributed by atoms with Crippen LogP contribution >= 0.6 is 0 Å². The summed E-state index contributed by atoms with van der Waals surface area (Å²) in [5.41, 5.74) is -0.0482. The Balaban J connectivity index is 2.02. The van der Waals surface area contributed by atoms with E-state index in [1.807, 2.05) is 0 Å². The summed E-state index contributed by atoms with van der Waals surface area (Å²) in [6, 6.07) is 4.41. The molecule has 33 heavy (non-hydrogen) atoms. The average Bonchev–Trinajstić information content (AvgIpc) is 2.81. The van der Waals surface area contributed by atoms with Gasteiger partial charge < -0.3 is 14.2 Å². The van der Waals surface area contributed by atoms with Crippen LogP contribution in [0.2, 0.25) is 0 Å². The van der Waals surface area contributed by atoms with E-state index in [2.05, 4.69) is 0 Å². The molecule has 1 saturated heterocycles. The van der Waals surface area contributed by atoms with Crippen molar-refractivity contribution in [1.82, 2.24) is 13.8 Å². The van der Waals surface area contributed by atoms with Gasteiger partial charge >= 0.3 is 5.97 Å². The Morgan fingerprint density at radius 3 is 2.52 bits per heavy atom. The highest BCUT2D eigenvalue weighted by Crippen LogP contribution is 2.23. The first-order valence-corrected chi connectivity index (χ1v) is 12.7. The van der Waals surface area contributed by atoms with Crippen LogP contribution in [0.4, 0.5) is 0 Å². The second-order valence-electron chi connectivity index (χ2n) is 8.09. The number of benzene rings is 1. The molecule has 0 unspecified atom stereocenters. The van der Waals surface area contributed by atoms with E-state index in [4.69, 9.17) is 4.74 Å². The van der Waals surface area contributed by atoms with E-state index in [1.54, 1.807) is 38.5 Å². The molecule has 10 heteroatoms. The molecule has 2 heterocycles. The van der Waals surface area contributed by atoms with Crippen LogP contribution in [0.15, 0.2) is 34.1 Å². The standard InChI is InChI=1S/C23H31N3O6S/c1-5-26(6-2)33(30,31)17-10-11-20-18(13-17)21(27)19(15-24(20)4)22(28)25-12-8-9-16(14-25)23(29)32-7-3/h10-11,13,15-16H,5-9,12,14H2,1-4H3/t16-/m1/s1. The van der Waals surface area contributed by atoms with E-state index in [1.165, 1.54) is 27.5 Å². The zero-order valence-electron chi connectivity index (χ0n) is 19.5. The van der Waals surface area contributed by atoms with Gasteiger partial charge in [-0.2, -0.15) is 4.31 Å². The van der Waals surface area contributed by atoms with Gasteiger partial charge in [-0.1, -0.05) is 13.8 Å². The molecule has 1 amide bonds. The number of carbonyl (C=O) groups is 2. The van der Waals surface area contributed by atoms with E-state index < -0.39 is 27.3 Å². The third kappa shape index (κ3) is 4.81. The van der Waals surface area contributed by atoms with Crippen molar-refractivity contribution in [2.75, 3.05) is 32.8 Å². The smallest absolute Gasteiger partial charge is 0.310 e. The fraction of sp³-hybridized carbons (Fsp3) is 0.522. The molecule has 1 fully saturated rings. The number of ether oxygens (including phenoxy) is 1. The number of carbonyl (C=O) groups excluding carboxylic acids is 2. The summed E-state index contributed by atoms with van der Waals surface area (Å²) in [4.78, 5) is 40.2. The third-order valence-electron chi connectivity index (χ3n) is 6.06. The number of nitrogens with zero attached hydrogens (tertiary/aromatic N) is 3. The lowest BCUT2D eigenvalue weighted by Gasteiger charge is -2.31. The number of sulfonamides is 1. The van der Waals surface area contributed by atoms with E-state index in [0.29, 0.717) is 38.0 Å². The summed E-state index contributed by atoms with van der Waals surface area (Å²) in [7, 11) is -2.06. The SMILES string of the molecule is CCOC(=O)[C@@H]1CCCN(C(=O)c2cn(C)c3ccc(S(=O)(=O)N(CC)CC)cc3c2=O)C1. The number of amides is 1. The van der Waals surface area contributed by atoms with Crippen molar-refractivity contribution in [3.05, 3.63) is 40.2 Å². The Morgan fingerprint density at radius 1 is 1.18 bits per heavy atom. The predicted octanol–water partition coefficient (Wildman–Crippen LogP) is 1.98. The molecule has 1 atom stereocenters. The van der Waals surface area contributed by atoms with Crippen molar-refractivity contribution >= 4 is 32.8 Å². The number of aromatic nitrogens is 1. The molecule has 180 valence electrons. The minimum Gasteiger partial charge on any atom is -0.466 e. The molecule has 0 aliphatic carbocycles. The van der Waals surface area contributed by atoms with Gasteiger partial charge in [-0.25, -0.2) is 8.42 Å². The molecule has 1 aliphatic rings. The summed E-state index contributed by atoms with van der Waals surface area (Å²) >= 11 is 0. The molecular formula is C23H31N3O6S. The van der Waals surface area contributed by atoms with E-state index in [-0.39, 0.29) is 35.0 Å². The number of likely N-dealkylation sites (tertiary alicyclic amines) is 1. The second kappa shape index (κ2) is 10.0. The summed E-state index contributed by atoms with van der Waals surface area (Å²) in [5, 5.41) is 0.163. The zero-order valence-corrected chi connectivity index (χ0v) is 20.4. The molecule has 0 spiro atoms. The first-order chi connectivity index (χ1) is 15.6. The maximum atomic E-state index is 13.3. The number of rotatable bonds is 7. The van der Waals surface area contributed by atoms with Crippen LogP contribution in [-0.2, 0) is 26.6 Å². The fourth-order valence-electron chi connectivity index (χ4n) is 4.28. The first-order valence-electron chi connectivity index (χ1n) is 11.2. The molecule has 0 N–H and O–H groups in total. The van der Waals surface area contributed by atoms with Crippen LogP contribution in [-0.4, -0.2) is 66.9 Å². The Kier molecular flexibility index (Phi) is 7.58. The highest BCUT2D eigenvalue weighted by Gasteiger charge is 2.31. The third-order valence-corrected chi connectivity index (χ3v) is 8.11. The highest BCUT2D eigenvalue weighted by atomic mass is 32.2. The van der Waals surface area contributed by atoms with Gasteiger partial charge in [0.15, 0.2) is 0 Å². The largest absolute Gasteiger partial charge is 0.466 e. The van der Waals surface area contributed by atoms with E-state index in [9.17, 15) is 22.8 Å². The number of fused-ring (bicyclic) bond motifs is 1. The maximum absolute atomic E-state index is 13.3. The van der Waals surface area contributed by atoms with Gasteiger partial charge in [0.1, 0.15) is 5.56 Å². The molecule has 0 radical (unpaired) electrons. The number of hydrogen-bond acceptors (Lipinski definition) is 6. The number of aryl methyl sites for hydroxylation is 1. The van der Waals surface area contributed by atoms with Gasteiger partial charge in [0, 0.05) is 44.8 Å². The fourth-order valence-corrected chi connectivity index (χ4v) is 5.77. The van der Waals surface area contributed by atoms with Crippen molar-refractivity contribution in [3.8, 4) is 0 Å². The molecule has 9 nitrogen and oxygen atoms in total. The van der Waals surface area contributed by atoms with Gasteiger partial charge in [0.2, 0.25) is 15.5 Å². The van der Waals surface area contributed by atoms with Gasteiger partial charge in [-0.05, 0) is 38.0 Å². The van der Waals surface area contributed by atoms with Gasteiger partial charge in [-0.3, -0.25) is 14.4 Å². The molecule has 1 aromatic carbocycles. The predicted molar refractivity (Wildman–Crippen MR) is 125 cm³/mol. The summed E-state index contributed by atoms with van der Waals surface area (Å²) in [6.45, 7) is 6.75. The lowest BCUT2D eigenvalue weighted by molar-refractivity contribution is -0.149. The maximum Gasteiger partial charge on any atom is 0.310 e. The van der Waals surface area contributed by atoms with Crippen molar-refractivity contribution in [1.29, 1.82) is 0 Å². The highest BCUT2D eigenvalue weighted by molar-refractivity contribution is 7.89. The van der Waals surface area contributed by atoms with Gasteiger partial charge in [0.05, 0.1) is 22.9 Å². The molecule has 1 aliphatic heterocycles. The van der Waals surface area contributed by atoms with E-state index in [0.717, 1.165) is 0 Å². The second-order valence-corrected chi connectivity index (χ2v) is 10.0. The Bertz CT molecular complexity index is 1220. The van der Waals surface area contributed by atoms with Gasteiger partial charge in [-0.15, -0.1) is 0 Å². The summed E-state index contributed by atoms with van der Waals surface area (Å²) in [5.74, 6) is -1.23. The minimum atomic E-state index is -3.76. The first kappa shape index (κ1) is 24.9. The molecule has 0 bridgehead atoms. The monoisotopic (exact) mass is 477 g/mol. The number of piperidine rings is 1. The number of esters is 1. The van der Waals surface area contributed by atoms with Crippen LogP contribution in [0.25, 0.3) is 10.9 Å².